The lowest BCUT2D eigenvalue weighted by molar-refractivity contribution is 0.411. The van der Waals surface area contributed by atoms with Gasteiger partial charge in [0.25, 0.3) is 0 Å². The lowest BCUT2D eigenvalue weighted by Gasteiger charge is -2.21. The summed E-state index contributed by atoms with van der Waals surface area (Å²) in [6.07, 6.45) is 3.92. The van der Waals surface area contributed by atoms with Crippen LogP contribution in [-0.2, 0) is 0 Å². The van der Waals surface area contributed by atoms with Crippen molar-refractivity contribution < 1.29 is 0 Å². The highest BCUT2D eigenvalue weighted by molar-refractivity contribution is 7.11. The molecule has 2 rings (SSSR count). The van der Waals surface area contributed by atoms with Crippen LogP contribution in [0.3, 0.4) is 0 Å². The molecule has 72 valence electrons. The Labute approximate surface area is 83.4 Å². The van der Waals surface area contributed by atoms with Crippen LogP contribution < -0.4 is 5.32 Å². The smallest absolute Gasteiger partial charge is 0.110 e. The molecule has 3 heteroatoms. The van der Waals surface area contributed by atoms with Crippen molar-refractivity contribution in [3.8, 4) is 0 Å². The van der Waals surface area contributed by atoms with Crippen molar-refractivity contribution in [2.45, 2.75) is 39.2 Å². The zero-order valence-electron chi connectivity index (χ0n) is 8.26. The molecule has 1 saturated heterocycles. The van der Waals surface area contributed by atoms with Gasteiger partial charge in [0.05, 0.1) is 11.7 Å². The Hall–Kier alpha value is -0.410. The molecular weight excluding hydrogens is 180 g/mol. The molecule has 0 radical (unpaired) electrons. The number of nitrogens with one attached hydrogen (secondary N) is 1. The van der Waals surface area contributed by atoms with Crippen molar-refractivity contribution in [2.24, 2.45) is 0 Å². The minimum atomic E-state index is 0.533. The highest BCUT2D eigenvalue weighted by Crippen LogP contribution is 2.27. The van der Waals surface area contributed by atoms with Gasteiger partial charge in [-0.05, 0) is 33.2 Å². The SMILES string of the molecule is Cc1nc([C@@H]2CCCCN2)sc1C. The number of aromatic nitrogens is 1. The Morgan fingerprint density at radius 1 is 1.38 bits per heavy atom. The van der Waals surface area contributed by atoms with E-state index < -0.39 is 0 Å². The van der Waals surface area contributed by atoms with Gasteiger partial charge >= 0.3 is 0 Å². The fourth-order valence-electron chi connectivity index (χ4n) is 1.71. The van der Waals surface area contributed by atoms with E-state index in [1.165, 1.54) is 34.8 Å². The number of piperidine rings is 1. The molecule has 1 atom stereocenters. The van der Waals surface area contributed by atoms with Gasteiger partial charge in [-0.15, -0.1) is 11.3 Å². The highest BCUT2D eigenvalue weighted by Gasteiger charge is 2.18. The first-order valence-corrected chi connectivity index (χ1v) is 5.76. The Balaban J connectivity index is 2.14. The van der Waals surface area contributed by atoms with Gasteiger partial charge in [0.15, 0.2) is 0 Å². The lowest BCUT2D eigenvalue weighted by Crippen LogP contribution is -2.26. The van der Waals surface area contributed by atoms with Crippen LogP contribution in [0.1, 0.15) is 40.9 Å². The summed E-state index contributed by atoms with van der Waals surface area (Å²) in [5.74, 6) is 0. The van der Waals surface area contributed by atoms with E-state index in [4.69, 9.17) is 0 Å². The minimum absolute atomic E-state index is 0.533. The van der Waals surface area contributed by atoms with Crippen molar-refractivity contribution in [2.75, 3.05) is 6.54 Å². The first-order chi connectivity index (χ1) is 6.27. The summed E-state index contributed by atoms with van der Waals surface area (Å²) in [7, 11) is 0. The van der Waals surface area contributed by atoms with Gasteiger partial charge in [0, 0.05) is 4.88 Å². The summed E-state index contributed by atoms with van der Waals surface area (Å²) < 4.78 is 0. The third-order valence-corrected chi connectivity index (χ3v) is 3.84. The number of hydrogen-bond acceptors (Lipinski definition) is 3. The van der Waals surface area contributed by atoms with Crippen molar-refractivity contribution >= 4 is 11.3 Å². The largest absolute Gasteiger partial charge is 0.308 e. The fourth-order valence-corrected chi connectivity index (χ4v) is 2.74. The molecule has 1 N–H and O–H groups in total. The maximum absolute atomic E-state index is 4.59. The molecule has 0 amide bonds. The lowest BCUT2D eigenvalue weighted by atomic mass is 10.1. The van der Waals surface area contributed by atoms with Crippen molar-refractivity contribution in [1.82, 2.24) is 10.3 Å². The molecular formula is C10H16N2S. The van der Waals surface area contributed by atoms with E-state index in [0.717, 1.165) is 6.54 Å². The molecule has 0 bridgehead atoms. The summed E-state index contributed by atoms with van der Waals surface area (Å²) >= 11 is 1.85. The van der Waals surface area contributed by atoms with Crippen LogP contribution in [0, 0.1) is 13.8 Å². The van der Waals surface area contributed by atoms with Crippen molar-refractivity contribution in [3.63, 3.8) is 0 Å². The molecule has 1 aromatic rings. The monoisotopic (exact) mass is 196 g/mol. The van der Waals surface area contributed by atoms with Gasteiger partial charge in [-0.1, -0.05) is 6.42 Å². The average molecular weight is 196 g/mol. The zero-order valence-corrected chi connectivity index (χ0v) is 9.08. The molecule has 1 aromatic heterocycles. The van der Waals surface area contributed by atoms with Gasteiger partial charge in [-0.3, -0.25) is 0 Å². The number of thiazole rings is 1. The molecule has 0 aromatic carbocycles. The molecule has 2 nitrogen and oxygen atoms in total. The Bertz CT molecular complexity index is 268. The Kier molecular flexibility index (Phi) is 2.65. The summed E-state index contributed by atoms with van der Waals surface area (Å²) in [5.41, 5.74) is 1.20. The van der Waals surface area contributed by atoms with Crippen LogP contribution in [0.25, 0.3) is 0 Å². The molecule has 0 unspecified atom stereocenters. The molecule has 0 aliphatic carbocycles. The van der Waals surface area contributed by atoms with Crippen molar-refractivity contribution in [1.29, 1.82) is 0 Å². The topological polar surface area (TPSA) is 24.9 Å². The molecule has 0 saturated carbocycles. The Morgan fingerprint density at radius 2 is 2.23 bits per heavy atom. The third-order valence-electron chi connectivity index (χ3n) is 2.65. The van der Waals surface area contributed by atoms with Gasteiger partial charge < -0.3 is 5.32 Å². The summed E-state index contributed by atoms with van der Waals surface area (Å²) in [6.45, 7) is 5.40. The second-order valence-electron chi connectivity index (χ2n) is 3.70. The molecule has 1 aliphatic heterocycles. The second kappa shape index (κ2) is 3.76. The van der Waals surface area contributed by atoms with Gasteiger partial charge in [-0.2, -0.15) is 0 Å². The van der Waals surface area contributed by atoms with E-state index in [9.17, 15) is 0 Å². The number of nitrogens with zero attached hydrogens (tertiary/aromatic N) is 1. The number of rotatable bonds is 1. The minimum Gasteiger partial charge on any atom is -0.308 e. The van der Waals surface area contributed by atoms with E-state index in [0.29, 0.717) is 6.04 Å². The highest BCUT2D eigenvalue weighted by atomic mass is 32.1. The standard InChI is InChI=1S/C10H16N2S/c1-7-8(2)13-10(12-7)9-5-3-4-6-11-9/h9,11H,3-6H2,1-2H3/t9-/m0/s1. The molecule has 2 heterocycles. The number of aryl methyl sites for hydroxylation is 2. The van der Waals surface area contributed by atoms with E-state index >= 15 is 0 Å². The van der Waals surface area contributed by atoms with Crippen molar-refractivity contribution in [3.05, 3.63) is 15.6 Å². The van der Waals surface area contributed by atoms with Crippen LogP contribution in [0.15, 0.2) is 0 Å². The van der Waals surface area contributed by atoms with E-state index in [2.05, 4.69) is 24.1 Å². The third kappa shape index (κ3) is 1.92. The summed E-state index contributed by atoms with van der Waals surface area (Å²) in [4.78, 5) is 5.95. The quantitative estimate of drug-likeness (QED) is 0.746. The predicted octanol–water partition coefficient (Wildman–Crippen LogP) is 2.57. The molecule has 13 heavy (non-hydrogen) atoms. The fraction of sp³-hybridized carbons (Fsp3) is 0.700. The average Bonchev–Trinajstić information content (AvgIpc) is 2.49. The summed E-state index contributed by atoms with van der Waals surface area (Å²) in [6, 6.07) is 0.533. The van der Waals surface area contributed by atoms with E-state index in [1.54, 1.807) is 0 Å². The van der Waals surface area contributed by atoms with Gasteiger partial charge in [0.2, 0.25) is 0 Å². The summed E-state index contributed by atoms with van der Waals surface area (Å²) in [5, 5.41) is 4.81. The maximum atomic E-state index is 4.59. The number of hydrogen-bond donors (Lipinski definition) is 1. The van der Waals surface area contributed by atoms with Gasteiger partial charge in [-0.25, -0.2) is 4.98 Å². The van der Waals surface area contributed by atoms with Crippen LogP contribution in [0.4, 0.5) is 0 Å². The first-order valence-electron chi connectivity index (χ1n) is 4.94. The van der Waals surface area contributed by atoms with E-state index in [-0.39, 0.29) is 0 Å². The van der Waals surface area contributed by atoms with Crippen LogP contribution >= 0.6 is 11.3 Å². The first kappa shape index (κ1) is 9.16. The van der Waals surface area contributed by atoms with E-state index in [1.807, 2.05) is 11.3 Å². The van der Waals surface area contributed by atoms with Gasteiger partial charge in [0.1, 0.15) is 5.01 Å². The second-order valence-corrected chi connectivity index (χ2v) is 4.93. The van der Waals surface area contributed by atoms with Crippen LogP contribution in [0.5, 0.6) is 0 Å². The molecule has 1 fully saturated rings. The molecule has 0 spiro atoms. The maximum Gasteiger partial charge on any atom is 0.110 e. The van der Waals surface area contributed by atoms with Crippen LogP contribution in [-0.4, -0.2) is 11.5 Å². The van der Waals surface area contributed by atoms with Crippen LogP contribution in [0.2, 0.25) is 0 Å². The normalized spacial score (nSPS) is 23.4. The molecule has 1 aliphatic rings. The Morgan fingerprint density at radius 3 is 2.77 bits per heavy atom. The predicted molar refractivity (Wildman–Crippen MR) is 56.2 cm³/mol. The zero-order chi connectivity index (χ0) is 9.26.